The summed E-state index contributed by atoms with van der Waals surface area (Å²) in [6, 6.07) is 12.1. The minimum atomic E-state index is 0.692. The second-order valence-electron chi connectivity index (χ2n) is 5.72. The van der Waals surface area contributed by atoms with E-state index in [9.17, 15) is 4.79 Å². The standard InChI is InChI=1S/C19H20N2O/c1-4-18-16-9-8-15(12-22)10-19(16)21(20-18)11-17-13(2)6-5-7-14(17)3/h5-10,12H,4,11H2,1-3H3. The molecule has 3 nitrogen and oxygen atoms in total. The van der Waals surface area contributed by atoms with E-state index in [-0.39, 0.29) is 0 Å². The first-order valence-electron chi connectivity index (χ1n) is 7.63. The quantitative estimate of drug-likeness (QED) is 0.679. The highest BCUT2D eigenvalue weighted by molar-refractivity contribution is 5.88. The Labute approximate surface area is 130 Å². The Bertz CT molecular complexity index is 826. The van der Waals surface area contributed by atoms with Gasteiger partial charge in [0.2, 0.25) is 0 Å². The molecule has 0 aliphatic carbocycles. The number of benzene rings is 2. The molecule has 0 atom stereocenters. The van der Waals surface area contributed by atoms with E-state index < -0.39 is 0 Å². The van der Waals surface area contributed by atoms with Crippen molar-refractivity contribution in [3.8, 4) is 0 Å². The molecule has 0 N–H and O–H groups in total. The van der Waals surface area contributed by atoms with E-state index in [1.165, 1.54) is 16.7 Å². The maximum Gasteiger partial charge on any atom is 0.150 e. The number of hydrogen-bond acceptors (Lipinski definition) is 2. The first kappa shape index (κ1) is 14.5. The Morgan fingerprint density at radius 2 is 1.86 bits per heavy atom. The lowest BCUT2D eigenvalue weighted by atomic mass is 10.0. The van der Waals surface area contributed by atoms with Gasteiger partial charge in [0.05, 0.1) is 17.8 Å². The average molecular weight is 292 g/mol. The molecule has 0 amide bonds. The number of nitrogens with zero attached hydrogens (tertiary/aromatic N) is 2. The molecule has 0 fully saturated rings. The molecule has 0 radical (unpaired) electrons. The van der Waals surface area contributed by atoms with Crippen LogP contribution in [0.25, 0.3) is 10.9 Å². The van der Waals surface area contributed by atoms with Crippen molar-refractivity contribution in [2.24, 2.45) is 0 Å². The molecule has 0 unspecified atom stereocenters. The number of aldehydes is 1. The molecule has 22 heavy (non-hydrogen) atoms. The zero-order valence-corrected chi connectivity index (χ0v) is 13.3. The lowest BCUT2D eigenvalue weighted by Crippen LogP contribution is -2.05. The molecule has 1 heterocycles. The Balaban J connectivity index is 2.16. The summed E-state index contributed by atoms with van der Waals surface area (Å²) in [7, 11) is 0. The van der Waals surface area contributed by atoms with Crippen LogP contribution in [0, 0.1) is 13.8 Å². The fraction of sp³-hybridized carbons (Fsp3) is 0.263. The summed E-state index contributed by atoms with van der Waals surface area (Å²) in [5.74, 6) is 0. The SMILES string of the molecule is CCc1nn(Cc2c(C)cccc2C)c2cc(C=O)ccc12. The van der Waals surface area contributed by atoms with Gasteiger partial charge in [-0.1, -0.05) is 37.3 Å². The summed E-state index contributed by atoms with van der Waals surface area (Å²) in [6.45, 7) is 7.10. The van der Waals surface area contributed by atoms with Gasteiger partial charge in [-0.05, 0) is 43.0 Å². The normalized spacial score (nSPS) is 11.0. The minimum Gasteiger partial charge on any atom is -0.298 e. The van der Waals surface area contributed by atoms with Crippen LogP contribution in [0.5, 0.6) is 0 Å². The van der Waals surface area contributed by atoms with E-state index in [1.807, 2.05) is 22.9 Å². The van der Waals surface area contributed by atoms with Gasteiger partial charge >= 0.3 is 0 Å². The molecular weight excluding hydrogens is 272 g/mol. The average Bonchev–Trinajstić information content (AvgIpc) is 2.88. The summed E-state index contributed by atoms with van der Waals surface area (Å²) in [4.78, 5) is 11.1. The van der Waals surface area contributed by atoms with Crippen LogP contribution in [0.1, 0.15) is 39.7 Å². The highest BCUT2D eigenvalue weighted by Gasteiger charge is 2.12. The van der Waals surface area contributed by atoms with Crippen molar-refractivity contribution in [2.75, 3.05) is 0 Å². The molecule has 3 aromatic rings. The van der Waals surface area contributed by atoms with Gasteiger partial charge in [0.15, 0.2) is 0 Å². The van der Waals surface area contributed by atoms with Crippen molar-refractivity contribution in [3.63, 3.8) is 0 Å². The topological polar surface area (TPSA) is 34.9 Å². The van der Waals surface area contributed by atoms with Crippen LogP contribution in [0.2, 0.25) is 0 Å². The Kier molecular flexibility index (Phi) is 3.80. The van der Waals surface area contributed by atoms with Crippen LogP contribution < -0.4 is 0 Å². The van der Waals surface area contributed by atoms with Crippen molar-refractivity contribution in [1.29, 1.82) is 0 Å². The number of fused-ring (bicyclic) bond motifs is 1. The first-order chi connectivity index (χ1) is 10.6. The van der Waals surface area contributed by atoms with E-state index in [1.54, 1.807) is 0 Å². The molecule has 112 valence electrons. The Morgan fingerprint density at radius 1 is 1.14 bits per heavy atom. The lowest BCUT2D eigenvalue weighted by molar-refractivity contribution is 0.112. The van der Waals surface area contributed by atoms with E-state index in [0.717, 1.165) is 35.8 Å². The lowest BCUT2D eigenvalue weighted by Gasteiger charge is -2.10. The number of hydrogen-bond donors (Lipinski definition) is 0. The Morgan fingerprint density at radius 3 is 2.50 bits per heavy atom. The summed E-state index contributed by atoms with van der Waals surface area (Å²) >= 11 is 0. The molecule has 0 bridgehead atoms. The van der Waals surface area contributed by atoms with Gasteiger partial charge < -0.3 is 0 Å². The number of carbonyl (C=O) groups is 1. The van der Waals surface area contributed by atoms with Crippen LogP contribution >= 0.6 is 0 Å². The van der Waals surface area contributed by atoms with E-state index in [4.69, 9.17) is 5.10 Å². The smallest absolute Gasteiger partial charge is 0.150 e. The molecule has 0 saturated carbocycles. The summed E-state index contributed by atoms with van der Waals surface area (Å²) in [5, 5.41) is 5.90. The monoisotopic (exact) mass is 292 g/mol. The first-order valence-corrected chi connectivity index (χ1v) is 7.63. The second-order valence-corrected chi connectivity index (χ2v) is 5.72. The van der Waals surface area contributed by atoms with E-state index in [2.05, 4.69) is 39.0 Å². The molecule has 0 aliphatic heterocycles. The third kappa shape index (κ3) is 2.43. The molecule has 1 aromatic heterocycles. The number of aryl methyl sites for hydroxylation is 3. The predicted octanol–water partition coefficient (Wildman–Crippen LogP) is 4.08. The van der Waals surface area contributed by atoms with Crippen molar-refractivity contribution in [3.05, 3.63) is 64.3 Å². The molecule has 2 aromatic carbocycles. The highest BCUT2D eigenvalue weighted by Crippen LogP contribution is 2.23. The number of rotatable bonds is 4. The number of aromatic nitrogens is 2. The molecule has 0 aliphatic rings. The van der Waals surface area contributed by atoms with Crippen molar-refractivity contribution >= 4 is 17.2 Å². The van der Waals surface area contributed by atoms with Crippen molar-refractivity contribution < 1.29 is 4.79 Å². The maximum absolute atomic E-state index is 11.1. The molecule has 0 spiro atoms. The largest absolute Gasteiger partial charge is 0.298 e. The highest BCUT2D eigenvalue weighted by atomic mass is 16.1. The van der Waals surface area contributed by atoms with Crippen LogP contribution in [-0.4, -0.2) is 16.1 Å². The third-order valence-corrected chi connectivity index (χ3v) is 4.28. The van der Waals surface area contributed by atoms with E-state index in [0.29, 0.717) is 5.56 Å². The van der Waals surface area contributed by atoms with Crippen LogP contribution in [-0.2, 0) is 13.0 Å². The van der Waals surface area contributed by atoms with Crippen LogP contribution in [0.15, 0.2) is 36.4 Å². The summed E-state index contributed by atoms with van der Waals surface area (Å²) in [6.07, 6.45) is 1.78. The van der Waals surface area contributed by atoms with Gasteiger partial charge in [-0.25, -0.2) is 0 Å². The second kappa shape index (κ2) is 5.76. The van der Waals surface area contributed by atoms with Gasteiger partial charge in [-0.15, -0.1) is 0 Å². The van der Waals surface area contributed by atoms with Crippen molar-refractivity contribution in [2.45, 2.75) is 33.7 Å². The van der Waals surface area contributed by atoms with Gasteiger partial charge in [0.25, 0.3) is 0 Å². The van der Waals surface area contributed by atoms with Crippen LogP contribution in [0.4, 0.5) is 0 Å². The maximum atomic E-state index is 11.1. The van der Waals surface area contributed by atoms with Crippen LogP contribution in [0.3, 0.4) is 0 Å². The van der Waals surface area contributed by atoms with Gasteiger partial charge in [0, 0.05) is 10.9 Å². The zero-order chi connectivity index (χ0) is 15.7. The fourth-order valence-corrected chi connectivity index (χ4v) is 2.96. The summed E-state index contributed by atoms with van der Waals surface area (Å²) in [5.41, 5.74) is 6.65. The summed E-state index contributed by atoms with van der Waals surface area (Å²) < 4.78 is 2.02. The molecule has 3 heteroatoms. The Hall–Kier alpha value is -2.42. The third-order valence-electron chi connectivity index (χ3n) is 4.28. The predicted molar refractivity (Wildman–Crippen MR) is 89.5 cm³/mol. The zero-order valence-electron chi connectivity index (χ0n) is 13.3. The van der Waals surface area contributed by atoms with Gasteiger partial charge in [-0.3, -0.25) is 9.48 Å². The van der Waals surface area contributed by atoms with Crippen molar-refractivity contribution in [1.82, 2.24) is 9.78 Å². The molecule has 0 saturated heterocycles. The fourth-order valence-electron chi connectivity index (χ4n) is 2.96. The minimum absolute atomic E-state index is 0.692. The van der Waals surface area contributed by atoms with E-state index >= 15 is 0 Å². The molecular formula is C19H20N2O. The molecule has 3 rings (SSSR count). The van der Waals surface area contributed by atoms with Gasteiger partial charge in [-0.2, -0.15) is 5.10 Å². The number of carbonyl (C=O) groups excluding carboxylic acids is 1. The van der Waals surface area contributed by atoms with Gasteiger partial charge in [0.1, 0.15) is 6.29 Å².